The summed E-state index contributed by atoms with van der Waals surface area (Å²) in [6.07, 6.45) is 9.55. The second kappa shape index (κ2) is 20.2. The van der Waals surface area contributed by atoms with E-state index in [9.17, 15) is 14.4 Å². The standard InChI is InChI=1S/C15H19N3O4S.C14H24O2.C2H6/c1-10(16-2)3-8-13(19)17-11-4-6-12(7-5-11)23-9-14(20)18-15(21)22;1-10(2)8-9-13-14(16-13)11-6-4-5-7-12(11)15-3;1-2/h4-7H,3,8-9H2,1-2H3,(H,17,19)(H,18,20)(H,21,22);8,11-14H,4-7,9H2,1-3H3;1-2H3. The molecule has 230 valence electrons. The summed E-state index contributed by atoms with van der Waals surface area (Å²) in [5.74, 6) is -0.00966. The van der Waals surface area contributed by atoms with Crippen molar-refractivity contribution in [1.29, 1.82) is 0 Å². The lowest BCUT2D eigenvalue weighted by Gasteiger charge is -2.29. The molecule has 2 aliphatic rings. The molecule has 2 fully saturated rings. The largest absolute Gasteiger partial charge is 0.465 e. The van der Waals surface area contributed by atoms with Crippen molar-refractivity contribution in [3.8, 4) is 0 Å². The number of allylic oxidation sites excluding steroid dienone is 1. The molecule has 1 aliphatic carbocycles. The van der Waals surface area contributed by atoms with Crippen LogP contribution in [0.1, 0.15) is 79.6 Å². The Balaban J connectivity index is 0.000000407. The van der Waals surface area contributed by atoms with Crippen LogP contribution < -0.4 is 10.6 Å². The highest BCUT2D eigenvalue weighted by Gasteiger charge is 2.47. The zero-order valence-corrected chi connectivity index (χ0v) is 26.5. The molecule has 9 nitrogen and oxygen atoms in total. The van der Waals surface area contributed by atoms with Crippen molar-refractivity contribution in [2.75, 3.05) is 25.2 Å². The van der Waals surface area contributed by atoms with Crippen molar-refractivity contribution in [1.82, 2.24) is 5.32 Å². The third-order valence-corrected chi connectivity index (χ3v) is 7.72. The lowest BCUT2D eigenvalue weighted by atomic mass is 9.83. The van der Waals surface area contributed by atoms with Crippen LogP contribution in [0.15, 0.2) is 45.8 Å². The fraction of sp³-hybridized carbons (Fsp3) is 0.613. The van der Waals surface area contributed by atoms with Gasteiger partial charge in [0.1, 0.15) is 0 Å². The van der Waals surface area contributed by atoms with E-state index in [0.717, 1.165) is 17.0 Å². The third kappa shape index (κ3) is 15.2. The number of imide groups is 1. The molecule has 1 saturated heterocycles. The first-order chi connectivity index (χ1) is 19.6. The Bertz CT molecular complexity index is 1010. The second-order valence-electron chi connectivity index (χ2n) is 10.1. The predicted molar refractivity (Wildman–Crippen MR) is 167 cm³/mol. The zero-order valence-electron chi connectivity index (χ0n) is 25.7. The smallest absolute Gasteiger partial charge is 0.411 e. The van der Waals surface area contributed by atoms with E-state index in [0.29, 0.717) is 42.8 Å². The molecule has 1 aromatic carbocycles. The van der Waals surface area contributed by atoms with Gasteiger partial charge in [0.15, 0.2) is 0 Å². The summed E-state index contributed by atoms with van der Waals surface area (Å²) in [5.41, 5.74) is 2.98. The van der Waals surface area contributed by atoms with Crippen LogP contribution >= 0.6 is 11.8 Å². The number of epoxide rings is 1. The van der Waals surface area contributed by atoms with E-state index in [-0.39, 0.29) is 11.7 Å². The van der Waals surface area contributed by atoms with E-state index in [1.807, 2.05) is 27.9 Å². The monoisotopic (exact) mass is 591 g/mol. The molecular weight excluding hydrogens is 542 g/mol. The minimum Gasteiger partial charge on any atom is -0.465 e. The summed E-state index contributed by atoms with van der Waals surface area (Å²) in [7, 11) is 3.54. The van der Waals surface area contributed by atoms with E-state index in [1.165, 1.54) is 43.0 Å². The van der Waals surface area contributed by atoms with Crippen molar-refractivity contribution >= 4 is 41.1 Å². The molecule has 10 heteroatoms. The van der Waals surface area contributed by atoms with E-state index in [2.05, 4.69) is 30.2 Å². The van der Waals surface area contributed by atoms with E-state index < -0.39 is 12.0 Å². The van der Waals surface area contributed by atoms with Gasteiger partial charge in [-0.2, -0.15) is 0 Å². The Kier molecular flexibility index (Phi) is 17.9. The first kappa shape index (κ1) is 36.3. The third-order valence-electron chi connectivity index (χ3n) is 6.71. The lowest BCUT2D eigenvalue weighted by Crippen LogP contribution is -2.31. The van der Waals surface area contributed by atoms with Crippen LogP contribution in [0, 0.1) is 5.92 Å². The number of nitrogens with zero attached hydrogens (tertiary/aromatic N) is 1. The van der Waals surface area contributed by atoms with Gasteiger partial charge < -0.3 is 19.9 Å². The fourth-order valence-corrected chi connectivity index (χ4v) is 5.14. The van der Waals surface area contributed by atoms with Gasteiger partial charge >= 0.3 is 6.09 Å². The molecule has 1 heterocycles. The predicted octanol–water partition coefficient (Wildman–Crippen LogP) is 6.72. The number of thioether (sulfide) groups is 1. The van der Waals surface area contributed by atoms with Crippen LogP contribution in [0.25, 0.3) is 0 Å². The topological polar surface area (TPSA) is 130 Å². The first-order valence-electron chi connectivity index (χ1n) is 14.4. The molecule has 0 spiro atoms. The van der Waals surface area contributed by atoms with Crippen LogP contribution in [0.5, 0.6) is 0 Å². The number of nitrogens with one attached hydrogen (secondary N) is 2. The van der Waals surface area contributed by atoms with Crippen molar-refractivity contribution in [3.63, 3.8) is 0 Å². The van der Waals surface area contributed by atoms with Gasteiger partial charge in [0.05, 0.1) is 24.1 Å². The van der Waals surface area contributed by atoms with Gasteiger partial charge in [0.2, 0.25) is 11.8 Å². The highest BCUT2D eigenvalue weighted by atomic mass is 32.2. The zero-order chi connectivity index (χ0) is 30.8. The number of carbonyl (C=O) groups is 3. The van der Waals surface area contributed by atoms with Crippen molar-refractivity contribution < 1.29 is 29.0 Å². The number of benzene rings is 1. The lowest BCUT2D eigenvalue weighted by molar-refractivity contribution is -0.118. The van der Waals surface area contributed by atoms with Crippen LogP contribution in [-0.4, -0.2) is 66.9 Å². The molecule has 41 heavy (non-hydrogen) atoms. The van der Waals surface area contributed by atoms with Crippen LogP contribution in [-0.2, 0) is 19.1 Å². The van der Waals surface area contributed by atoms with Gasteiger partial charge in [-0.15, -0.1) is 11.8 Å². The highest BCUT2D eigenvalue weighted by molar-refractivity contribution is 8.00. The van der Waals surface area contributed by atoms with E-state index in [1.54, 1.807) is 36.6 Å². The molecule has 4 unspecified atom stereocenters. The second-order valence-corrected chi connectivity index (χ2v) is 11.1. The molecule has 1 saturated carbocycles. The van der Waals surface area contributed by atoms with Crippen molar-refractivity contribution in [2.45, 2.75) is 103 Å². The summed E-state index contributed by atoms with van der Waals surface area (Å²) in [6, 6.07) is 6.98. The van der Waals surface area contributed by atoms with Gasteiger partial charge in [-0.05, 0) is 70.7 Å². The van der Waals surface area contributed by atoms with Gasteiger partial charge in [-0.3, -0.25) is 19.9 Å². The summed E-state index contributed by atoms with van der Waals surface area (Å²) < 4.78 is 11.4. The fourth-order valence-electron chi connectivity index (χ4n) is 4.44. The summed E-state index contributed by atoms with van der Waals surface area (Å²) in [4.78, 5) is 38.1. The molecule has 3 amide bonds. The summed E-state index contributed by atoms with van der Waals surface area (Å²) in [6.45, 7) is 10.2. The van der Waals surface area contributed by atoms with Gasteiger partial charge in [0.25, 0.3) is 0 Å². The molecule has 0 bridgehead atoms. The van der Waals surface area contributed by atoms with Gasteiger partial charge in [-0.1, -0.05) is 38.3 Å². The molecule has 4 atom stereocenters. The molecule has 1 aliphatic heterocycles. The Labute approximate surface area is 249 Å². The maximum absolute atomic E-state index is 11.8. The highest BCUT2D eigenvalue weighted by Crippen LogP contribution is 2.41. The molecule has 3 N–H and O–H groups in total. The number of aliphatic imine (C=N–C) groups is 1. The number of ether oxygens (including phenoxy) is 2. The Morgan fingerprint density at radius 1 is 1.07 bits per heavy atom. The number of amides is 3. The number of hydrogen-bond acceptors (Lipinski definition) is 7. The van der Waals surface area contributed by atoms with E-state index in [4.69, 9.17) is 14.6 Å². The van der Waals surface area contributed by atoms with Gasteiger partial charge in [0, 0.05) is 42.8 Å². The summed E-state index contributed by atoms with van der Waals surface area (Å²) >= 11 is 1.21. The van der Waals surface area contributed by atoms with Crippen LogP contribution in [0.3, 0.4) is 0 Å². The van der Waals surface area contributed by atoms with Crippen molar-refractivity contribution in [2.24, 2.45) is 10.9 Å². The molecule has 1 aromatic rings. The first-order valence-corrected chi connectivity index (χ1v) is 15.4. The molecular formula is C31H49N3O6S. The van der Waals surface area contributed by atoms with Crippen LogP contribution in [0.2, 0.25) is 0 Å². The van der Waals surface area contributed by atoms with Crippen LogP contribution in [0.4, 0.5) is 10.5 Å². The Hall–Kier alpha value is -2.69. The average molecular weight is 592 g/mol. The molecule has 0 radical (unpaired) electrons. The quantitative estimate of drug-likeness (QED) is 0.113. The maximum Gasteiger partial charge on any atom is 0.411 e. The Morgan fingerprint density at radius 2 is 1.73 bits per heavy atom. The van der Waals surface area contributed by atoms with Gasteiger partial charge in [-0.25, -0.2) is 4.79 Å². The minimum atomic E-state index is -1.36. The number of rotatable bonds is 11. The van der Waals surface area contributed by atoms with E-state index >= 15 is 0 Å². The number of hydrogen-bond donors (Lipinski definition) is 3. The average Bonchev–Trinajstić information content (AvgIpc) is 3.75. The van der Waals surface area contributed by atoms with Crippen molar-refractivity contribution in [3.05, 3.63) is 35.9 Å². The summed E-state index contributed by atoms with van der Waals surface area (Å²) in [5, 5.41) is 13.0. The number of carbonyl (C=O) groups excluding carboxylic acids is 2. The molecule has 0 aromatic heterocycles. The number of carboxylic acid groups (broad SMARTS) is 1. The maximum atomic E-state index is 11.8. The number of methoxy groups -OCH3 is 1. The minimum absolute atomic E-state index is 0.00757. The normalized spacial score (nSPS) is 21.2. The molecule has 3 rings (SSSR count). The Morgan fingerprint density at radius 3 is 2.32 bits per heavy atom. The SMILES string of the molecule is CC.CN=C(C)CCC(=O)Nc1ccc(SCC(=O)NC(=O)O)cc1.COC1CCCCC1C1OC1CC=C(C)C. The number of anilines is 1.